The molecule has 0 aromatic carbocycles. The molecule has 1 aromatic heterocycles. The SMILES string of the molecule is Cc1nc(CC2CCN(N=O)C2)sc1C(=O)O. The molecule has 1 saturated heterocycles. The number of carbonyl (C=O) groups is 1. The van der Waals surface area contributed by atoms with Crippen LogP contribution in [-0.2, 0) is 6.42 Å². The molecule has 92 valence electrons. The summed E-state index contributed by atoms with van der Waals surface area (Å²) < 4.78 is 0. The van der Waals surface area contributed by atoms with Crippen molar-refractivity contribution in [2.45, 2.75) is 19.8 Å². The van der Waals surface area contributed by atoms with Gasteiger partial charge in [0.25, 0.3) is 0 Å². The van der Waals surface area contributed by atoms with Crippen molar-refractivity contribution in [3.8, 4) is 0 Å². The van der Waals surface area contributed by atoms with Gasteiger partial charge in [-0.1, -0.05) is 0 Å². The van der Waals surface area contributed by atoms with Crippen molar-refractivity contribution in [1.29, 1.82) is 0 Å². The third-order valence-corrected chi connectivity index (χ3v) is 4.05. The molecule has 1 unspecified atom stereocenters. The van der Waals surface area contributed by atoms with E-state index in [9.17, 15) is 9.70 Å². The summed E-state index contributed by atoms with van der Waals surface area (Å²) in [5.74, 6) is -0.575. The van der Waals surface area contributed by atoms with Crippen LogP contribution in [0.4, 0.5) is 0 Å². The summed E-state index contributed by atoms with van der Waals surface area (Å²) in [4.78, 5) is 25.8. The number of thiazole rings is 1. The molecule has 6 nitrogen and oxygen atoms in total. The minimum atomic E-state index is -0.922. The van der Waals surface area contributed by atoms with E-state index in [0.29, 0.717) is 29.6 Å². The van der Waals surface area contributed by atoms with E-state index in [1.54, 1.807) is 6.92 Å². The van der Waals surface area contributed by atoms with Crippen molar-refractivity contribution in [1.82, 2.24) is 9.99 Å². The quantitative estimate of drug-likeness (QED) is 0.828. The predicted molar refractivity (Wildman–Crippen MR) is 63.0 cm³/mol. The molecule has 17 heavy (non-hydrogen) atoms. The average molecular weight is 255 g/mol. The lowest BCUT2D eigenvalue weighted by molar-refractivity contribution is 0.0701. The van der Waals surface area contributed by atoms with E-state index in [0.717, 1.165) is 17.8 Å². The molecule has 1 aliphatic rings. The topological polar surface area (TPSA) is 82.9 Å². The lowest BCUT2D eigenvalue weighted by Crippen LogP contribution is -2.13. The molecule has 0 aliphatic carbocycles. The lowest BCUT2D eigenvalue weighted by atomic mass is 10.1. The second-order valence-corrected chi connectivity index (χ2v) is 5.26. The van der Waals surface area contributed by atoms with Crippen molar-refractivity contribution in [3.63, 3.8) is 0 Å². The zero-order valence-electron chi connectivity index (χ0n) is 9.42. The van der Waals surface area contributed by atoms with E-state index >= 15 is 0 Å². The molecule has 1 N–H and O–H groups in total. The zero-order chi connectivity index (χ0) is 12.4. The second-order valence-electron chi connectivity index (χ2n) is 4.18. The van der Waals surface area contributed by atoms with E-state index < -0.39 is 5.97 Å². The first kappa shape index (κ1) is 12.0. The van der Waals surface area contributed by atoms with Crippen LogP contribution >= 0.6 is 11.3 Å². The number of aromatic carboxylic acids is 1. The third kappa shape index (κ3) is 2.60. The number of hydrogen-bond donors (Lipinski definition) is 1. The summed E-state index contributed by atoms with van der Waals surface area (Å²) >= 11 is 1.23. The number of nitroso groups, excluding NO2 is 1. The summed E-state index contributed by atoms with van der Waals surface area (Å²) in [6.45, 7) is 3.03. The Hall–Kier alpha value is -1.50. The van der Waals surface area contributed by atoms with Gasteiger partial charge in [-0.3, -0.25) is 5.01 Å². The fraction of sp³-hybridized carbons (Fsp3) is 0.600. The highest BCUT2D eigenvalue weighted by molar-refractivity contribution is 7.13. The molecule has 1 fully saturated rings. The van der Waals surface area contributed by atoms with Gasteiger partial charge < -0.3 is 5.11 Å². The van der Waals surface area contributed by atoms with Crippen LogP contribution in [0.2, 0.25) is 0 Å². The Morgan fingerprint density at radius 2 is 2.47 bits per heavy atom. The van der Waals surface area contributed by atoms with E-state index in [1.165, 1.54) is 16.3 Å². The largest absolute Gasteiger partial charge is 0.477 e. The van der Waals surface area contributed by atoms with Crippen molar-refractivity contribution >= 4 is 17.3 Å². The van der Waals surface area contributed by atoms with Gasteiger partial charge in [0.1, 0.15) is 4.88 Å². The standard InChI is InChI=1S/C10H13N3O3S/c1-6-9(10(14)15)17-8(11-6)4-7-2-3-13(5-7)12-16/h7H,2-5H2,1H3,(H,14,15). The van der Waals surface area contributed by atoms with Crippen molar-refractivity contribution in [2.24, 2.45) is 11.2 Å². The van der Waals surface area contributed by atoms with Crippen molar-refractivity contribution < 1.29 is 9.90 Å². The fourth-order valence-corrected chi connectivity index (χ4v) is 3.06. The molecule has 2 rings (SSSR count). The first-order valence-electron chi connectivity index (χ1n) is 5.38. The maximum Gasteiger partial charge on any atom is 0.347 e. The molecular weight excluding hydrogens is 242 g/mol. The molecule has 1 atom stereocenters. The van der Waals surface area contributed by atoms with Gasteiger partial charge in [0.2, 0.25) is 0 Å². The summed E-state index contributed by atoms with van der Waals surface area (Å²) in [5.41, 5.74) is 0.570. The van der Waals surface area contributed by atoms with Gasteiger partial charge in [-0.25, -0.2) is 9.78 Å². The van der Waals surface area contributed by atoms with Crippen molar-refractivity contribution in [2.75, 3.05) is 13.1 Å². The Bertz CT molecular complexity index is 446. The van der Waals surface area contributed by atoms with Crippen LogP contribution in [0, 0.1) is 17.7 Å². The summed E-state index contributed by atoms with van der Waals surface area (Å²) in [6, 6.07) is 0. The minimum absolute atomic E-state index is 0.309. The third-order valence-electron chi connectivity index (χ3n) is 2.88. The predicted octanol–water partition coefficient (Wildman–Crippen LogP) is 1.70. The van der Waals surface area contributed by atoms with E-state index in [-0.39, 0.29) is 0 Å². The molecule has 0 spiro atoms. The van der Waals surface area contributed by atoms with Crippen LogP contribution in [0.25, 0.3) is 0 Å². The minimum Gasteiger partial charge on any atom is -0.477 e. The molecule has 0 radical (unpaired) electrons. The number of carboxylic acid groups (broad SMARTS) is 1. The molecule has 7 heteroatoms. The number of aromatic nitrogens is 1. The highest BCUT2D eigenvalue weighted by Crippen LogP contribution is 2.25. The van der Waals surface area contributed by atoms with Crippen LogP contribution in [0.5, 0.6) is 0 Å². The van der Waals surface area contributed by atoms with Crippen LogP contribution in [0.1, 0.15) is 26.8 Å². The molecule has 0 saturated carbocycles. The molecule has 0 bridgehead atoms. The van der Waals surface area contributed by atoms with Gasteiger partial charge in [-0.15, -0.1) is 16.2 Å². The summed E-state index contributed by atoms with van der Waals surface area (Å²) in [6.07, 6.45) is 1.64. The monoisotopic (exact) mass is 255 g/mol. The molecule has 0 amide bonds. The average Bonchev–Trinajstić information content (AvgIpc) is 2.85. The first-order valence-corrected chi connectivity index (χ1v) is 6.19. The highest BCUT2D eigenvalue weighted by Gasteiger charge is 2.24. The van der Waals surface area contributed by atoms with Crippen LogP contribution in [0.3, 0.4) is 0 Å². The van der Waals surface area contributed by atoms with Gasteiger partial charge in [0.15, 0.2) is 0 Å². The van der Waals surface area contributed by atoms with Crippen LogP contribution in [-0.4, -0.2) is 34.2 Å². The van der Waals surface area contributed by atoms with E-state index in [2.05, 4.69) is 10.3 Å². The first-order chi connectivity index (χ1) is 8.10. The van der Waals surface area contributed by atoms with Gasteiger partial charge in [0, 0.05) is 19.5 Å². The number of aryl methyl sites for hydroxylation is 1. The molecule has 1 aliphatic heterocycles. The van der Waals surface area contributed by atoms with Gasteiger partial charge in [-0.05, 0) is 19.3 Å². The van der Waals surface area contributed by atoms with Crippen molar-refractivity contribution in [3.05, 3.63) is 20.5 Å². The Morgan fingerprint density at radius 1 is 1.71 bits per heavy atom. The maximum atomic E-state index is 10.9. The normalized spacial score (nSPS) is 19.6. The van der Waals surface area contributed by atoms with E-state index in [1.807, 2.05) is 0 Å². The number of rotatable bonds is 4. The zero-order valence-corrected chi connectivity index (χ0v) is 10.2. The Morgan fingerprint density at radius 3 is 3.00 bits per heavy atom. The number of carboxylic acids is 1. The molecular formula is C10H13N3O3S. The molecule has 2 heterocycles. The van der Waals surface area contributed by atoms with Crippen LogP contribution in [0.15, 0.2) is 5.29 Å². The van der Waals surface area contributed by atoms with Crippen LogP contribution < -0.4 is 0 Å². The van der Waals surface area contributed by atoms with Gasteiger partial charge >= 0.3 is 5.97 Å². The smallest absolute Gasteiger partial charge is 0.347 e. The molecule has 1 aromatic rings. The Balaban J connectivity index is 2.02. The maximum absolute atomic E-state index is 10.9. The number of nitrogens with zero attached hydrogens (tertiary/aromatic N) is 3. The summed E-state index contributed by atoms with van der Waals surface area (Å²) in [5, 5.41) is 14.2. The lowest BCUT2D eigenvalue weighted by Gasteiger charge is -2.06. The number of hydrogen-bond acceptors (Lipinski definition) is 5. The highest BCUT2D eigenvalue weighted by atomic mass is 32.1. The fourth-order valence-electron chi connectivity index (χ4n) is 2.04. The Labute approximate surface area is 102 Å². The second kappa shape index (κ2) is 4.79. The summed E-state index contributed by atoms with van der Waals surface area (Å²) in [7, 11) is 0. The van der Waals surface area contributed by atoms with Gasteiger partial charge in [0.05, 0.1) is 16.0 Å². The van der Waals surface area contributed by atoms with E-state index in [4.69, 9.17) is 5.11 Å². The Kier molecular flexibility index (Phi) is 3.37. The van der Waals surface area contributed by atoms with Gasteiger partial charge in [-0.2, -0.15) is 0 Å².